The SMILES string of the molecule is COc1cc(Nc2nc(N[C@@H]3CCCC[C@@H]3N)n3nc(-c4cccc(OC)c4)nc3c2C(N)=O)cc(OC)c1. The first-order valence-corrected chi connectivity index (χ1v) is 12.7. The molecular formula is C27H32N8O4. The van der Waals surface area contributed by atoms with Crippen LogP contribution in [0.15, 0.2) is 42.5 Å². The number of carbonyl (C=O) groups is 1. The Hall–Kier alpha value is -4.58. The first kappa shape index (κ1) is 26.0. The van der Waals surface area contributed by atoms with Crippen molar-refractivity contribution in [1.29, 1.82) is 0 Å². The van der Waals surface area contributed by atoms with Gasteiger partial charge in [-0.15, -0.1) is 5.10 Å². The molecule has 0 bridgehead atoms. The highest BCUT2D eigenvalue weighted by Crippen LogP contribution is 2.32. The highest BCUT2D eigenvalue weighted by molar-refractivity contribution is 6.04. The van der Waals surface area contributed by atoms with E-state index >= 15 is 0 Å². The van der Waals surface area contributed by atoms with Crippen LogP contribution in [0.1, 0.15) is 36.0 Å². The van der Waals surface area contributed by atoms with Gasteiger partial charge in [0.2, 0.25) is 5.95 Å². The number of aromatic nitrogens is 4. The molecule has 0 saturated heterocycles. The Labute approximate surface area is 225 Å². The molecule has 12 nitrogen and oxygen atoms in total. The number of fused-ring (bicyclic) bond motifs is 1. The predicted octanol–water partition coefficient (Wildman–Crippen LogP) is 3.34. The van der Waals surface area contributed by atoms with Crippen LogP contribution in [0.5, 0.6) is 17.2 Å². The molecule has 1 saturated carbocycles. The quantitative estimate of drug-likeness (QED) is 0.251. The lowest BCUT2D eigenvalue weighted by atomic mass is 9.91. The number of primary amides is 1. The van der Waals surface area contributed by atoms with E-state index < -0.39 is 5.91 Å². The maximum atomic E-state index is 12.8. The van der Waals surface area contributed by atoms with E-state index in [4.69, 9.17) is 40.7 Å². The van der Waals surface area contributed by atoms with E-state index in [0.29, 0.717) is 40.3 Å². The highest BCUT2D eigenvalue weighted by atomic mass is 16.5. The standard InChI is InChI=1S/C27H32N8O4/c1-37-17-8-6-7-15(11-17)24-32-26-22(23(29)36)25(30-16-12-18(38-2)14-19(13-16)39-3)33-27(35(26)34-24)31-21-10-5-4-9-20(21)28/h6-8,11-14,20-21,30H,4-5,9-10,28H2,1-3H3,(H2,29,36)(H,31,33)/t20-,21+/m0/s1. The molecular weight excluding hydrogens is 500 g/mol. The van der Waals surface area contributed by atoms with Gasteiger partial charge in [0.05, 0.1) is 21.3 Å². The highest BCUT2D eigenvalue weighted by Gasteiger charge is 2.27. The van der Waals surface area contributed by atoms with E-state index in [2.05, 4.69) is 10.6 Å². The number of benzene rings is 2. The topological polar surface area (TPSA) is 164 Å². The Morgan fingerprint density at radius 3 is 2.36 bits per heavy atom. The van der Waals surface area contributed by atoms with E-state index in [-0.39, 0.29) is 29.1 Å². The fraction of sp³-hybridized carbons (Fsp3) is 0.333. The molecule has 1 aliphatic carbocycles. The maximum absolute atomic E-state index is 12.8. The second-order valence-corrected chi connectivity index (χ2v) is 9.35. The van der Waals surface area contributed by atoms with Crippen LogP contribution in [-0.2, 0) is 0 Å². The summed E-state index contributed by atoms with van der Waals surface area (Å²) < 4.78 is 17.7. The Kier molecular flexibility index (Phi) is 7.37. The zero-order chi connectivity index (χ0) is 27.5. The zero-order valence-electron chi connectivity index (χ0n) is 22.1. The monoisotopic (exact) mass is 532 g/mol. The number of nitrogens with two attached hydrogens (primary N) is 2. The van der Waals surface area contributed by atoms with Gasteiger partial charge in [-0.2, -0.15) is 9.50 Å². The number of amides is 1. The van der Waals surface area contributed by atoms with Gasteiger partial charge in [-0.3, -0.25) is 4.79 Å². The second kappa shape index (κ2) is 11.0. The molecule has 2 heterocycles. The van der Waals surface area contributed by atoms with E-state index in [0.717, 1.165) is 25.7 Å². The van der Waals surface area contributed by atoms with Crippen LogP contribution < -0.4 is 36.3 Å². The van der Waals surface area contributed by atoms with Gasteiger partial charge in [0.15, 0.2) is 17.3 Å². The number of hydrogen-bond acceptors (Lipinski definition) is 10. The minimum absolute atomic E-state index is 0.0249. The molecule has 0 radical (unpaired) electrons. The molecule has 0 unspecified atom stereocenters. The molecule has 1 amide bonds. The number of nitrogens with zero attached hydrogens (tertiary/aromatic N) is 4. The number of hydrogen-bond donors (Lipinski definition) is 4. The molecule has 2 aromatic carbocycles. The summed E-state index contributed by atoms with van der Waals surface area (Å²) in [6.07, 6.45) is 3.92. The maximum Gasteiger partial charge on any atom is 0.256 e. The molecule has 1 fully saturated rings. The molecule has 0 aliphatic heterocycles. The van der Waals surface area contributed by atoms with Gasteiger partial charge >= 0.3 is 0 Å². The summed E-state index contributed by atoms with van der Waals surface area (Å²) >= 11 is 0. The zero-order valence-corrected chi connectivity index (χ0v) is 22.1. The lowest BCUT2D eigenvalue weighted by molar-refractivity contribution is 0.100. The molecule has 1 aliphatic rings. The Morgan fingerprint density at radius 2 is 1.69 bits per heavy atom. The number of nitrogens with one attached hydrogen (secondary N) is 2. The third-order valence-electron chi connectivity index (χ3n) is 6.81. The second-order valence-electron chi connectivity index (χ2n) is 9.35. The van der Waals surface area contributed by atoms with E-state index in [1.54, 1.807) is 39.5 Å². The fourth-order valence-corrected chi connectivity index (χ4v) is 4.75. The minimum atomic E-state index is -0.713. The van der Waals surface area contributed by atoms with E-state index in [9.17, 15) is 4.79 Å². The van der Waals surface area contributed by atoms with Gasteiger partial charge in [0, 0.05) is 41.5 Å². The lowest BCUT2D eigenvalue weighted by Crippen LogP contribution is -2.43. The van der Waals surface area contributed by atoms with Crippen molar-refractivity contribution in [2.24, 2.45) is 11.5 Å². The summed E-state index contributed by atoms with van der Waals surface area (Å²) in [5.41, 5.74) is 13.9. The molecule has 39 heavy (non-hydrogen) atoms. The van der Waals surface area contributed by atoms with Crippen molar-refractivity contribution in [2.75, 3.05) is 32.0 Å². The predicted molar refractivity (Wildman–Crippen MR) is 148 cm³/mol. The molecule has 0 spiro atoms. The molecule has 2 atom stereocenters. The van der Waals surface area contributed by atoms with Crippen molar-refractivity contribution in [1.82, 2.24) is 19.6 Å². The lowest BCUT2D eigenvalue weighted by Gasteiger charge is -2.29. The van der Waals surface area contributed by atoms with Crippen molar-refractivity contribution in [3.8, 4) is 28.6 Å². The average Bonchev–Trinajstić information content (AvgIpc) is 3.39. The van der Waals surface area contributed by atoms with Crippen LogP contribution in [0.3, 0.4) is 0 Å². The summed E-state index contributed by atoms with van der Waals surface area (Å²) in [4.78, 5) is 22.3. The van der Waals surface area contributed by atoms with Crippen LogP contribution in [0.4, 0.5) is 17.5 Å². The number of ether oxygens (including phenoxy) is 3. The van der Waals surface area contributed by atoms with Gasteiger partial charge in [0.1, 0.15) is 22.8 Å². The normalized spacial score (nSPS) is 17.0. The number of methoxy groups -OCH3 is 3. The summed E-state index contributed by atoms with van der Waals surface area (Å²) in [7, 11) is 4.71. The summed E-state index contributed by atoms with van der Waals surface area (Å²) in [5, 5.41) is 11.4. The fourth-order valence-electron chi connectivity index (χ4n) is 4.75. The summed E-state index contributed by atoms with van der Waals surface area (Å²) in [6, 6.07) is 12.5. The smallest absolute Gasteiger partial charge is 0.256 e. The van der Waals surface area contributed by atoms with Crippen molar-refractivity contribution in [2.45, 2.75) is 37.8 Å². The number of anilines is 3. The van der Waals surface area contributed by atoms with Crippen LogP contribution in [0.25, 0.3) is 17.0 Å². The molecule has 5 rings (SSSR count). The third kappa shape index (κ3) is 5.36. The summed E-state index contributed by atoms with van der Waals surface area (Å²) in [5.74, 6) is 2.05. The average molecular weight is 533 g/mol. The van der Waals surface area contributed by atoms with Crippen molar-refractivity contribution >= 4 is 29.0 Å². The summed E-state index contributed by atoms with van der Waals surface area (Å²) in [6.45, 7) is 0. The largest absolute Gasteiger partial charge is 0.497 e. The van der Waals surface area contributed by atoms with Crippen molar-refractivity contribution in [3.05, 3.63) is 48.0 Å². The Bertz CT molecular complexity index is 1480. The molecule has 12 heteroatoms. The van der Waals surface area contributed by atoms with Gasteiger partial charge < -0.3 is 36.3 Å². The first-order chi connectivity index (χ1) is 18.9. The Morgan fingerprint density at radius 1 is 0.974 bits per heavy atom. The van der Waals surface area contributed by atoms with Crippen molar-refractivity contribution < 1.29 is 19.0 Å². The van der Waals surface area contributed by atoms with Gasteiger partial charge in [-0.1, -0.05) is 25.0 Å². The number of rotatable bonds is 9. The van der Waals surface area contributed by atoms with Gasteiger partial charge in [0.25, 0.3) is 5.91 Å². The minimum Gasteiger partial charge on any atom is -0.497 e. The van der Waals surface area contributed by atoms with Crippen LogP contribution in [0, 0.1) is 0 Å². The third-order valence-corrected chi connectivity index (χ3v) is 6.81. The van der Waals surface area contributed by atoms with Crippen LogP contribution in [-0.4, -0.2) is 58.9 Å². The van der Waals surface area contributed by atoms with Crippen LogP contribution >= 0.6 is 0 Å². The van der Waals surface area contributed by atoms with Gasteiger partial charge in [-0.05, 0) is 25.0 Å². The van der Waals surface area contributed by atoms with E-state index in [1.165, 1.54) is 4.52 Å². The molecule has 4 aromatic rings. The number of carbonyl (C=O) groups excluding carboxylic acids is 1. The first-order valence-electron chi connectivity index (χ1n) is 12.7. The molecule has 204 valence electrons. The van der Waals surface area contributed by atoms with Crippen molar-refractivity contribution in [3.63, 3.8) is 0 Å². The molecule has 2 aromatic heterocycles. The molecule has 6 N–H and O–H groups in total. The Balaban J connectivity index is 1.68. The van der Waals surface area contributed by atoms with Crippen LogP contribution in [0.2, 0.25) is 0 Å². The van der Waals surface area contributed by atoms with Gasteiger partial charge in [-0.25, -0.2) is 4.98 Å². The van der Waals surface area contributed by atoms with E-state index in [1.807, 2.05) is 24.3 Å².